The van der Waals surface area contributed by atoms with Gasteiger partial charge in [0, 0.05) is 29.1 Å². The molecule has 2 rings (SSSR count). The van der Waals surface area contributed by atoms with E-state index in [1.807, 2.05) is 32.0 Å². The summed E-state index contributed by atoms with van der Waals surface area (Å²) >= 11 is 0. The van der Waals surface area contributed by atoms with Gasteiger partial charge in [0.25, 0.3) is 0 Å². The van der Waals surface area contributed by atoms with Gasteiger partial charge in [0.15, 0.2) is 0 Å². The number of fused-ring (bicyclic) bond motifs is 1. The first-order chi connectivity index (χ1) is 8.40. The summed E-state index contributed by atoms with van der Waals surface area (Å²) in [6, 6.07) is 3.36. The largest absolute Gasteiger partial charge is 0.507 e. The molecule has 4 heteroatoms. The van der Waals surface area contributed by atoms with Gasteiger partial charge in [-0.15, -0.1) is 0 Å². The lowest BCUT2D eigenvalue weighted by atomic mass is 10.0. The maximum atomic E-state index is 11.4. The highest BCUT2D eigenvalue weighted by molar-refractivity contribution is 5.85. The van der Waals surface area contributed by atoms with Crippen LogP contribution in [0.4, 0.5) is 0 Å². The number of aromatic hydroxyl groups is 1. The number of rotatable bonds is 2. The second kappa shape index (κ2) is 4.46. The highest BCUT2D eigenvalue weighted by Crippen LogP contribution is 2.31. The minimum atomic E-state index is -0.386. The van der Waals surface area contributed by atoms with Crippen molar-refractivity contribution in [3.05, 3.63) is 39.2 Å². The second-order valence-electron chi connectivity index (χ2n) is 4.87. The Morgan fingerprint density at radius 1 is 1.28 bits per heavy atom. The van der Waals surface area contributed by atoms with Gasteiger partial charge in [-0.25, -0.2) is 4.79 Å². The third-order valence-electron chi connectivity index (χ3n) is 3.01. The van der Waals surface area contributed by atoms with Gasteiger partial charge in [-0.1, -0.05) is 0 Å². The maximum Gasteiger partial charge on any atom is 0.336 e. The Kier molecular flexibility index (Phi) is 3.13. The van der Waals surface area contributed by atoms with Gasteiger partial charge in [-0.2, -0.15) is 0 Å². The molecule has 0 saturated carbocycles. The minimum Gasteiger partial charge on any atom is -0.507 e. The molecule has 0 fully saturated rings. The van der Waals surface area contributed by atoms with Crippen molar-refractivity contribution >= 4 is 11.0 Å². The van der Waals surface area contributed by atoms with Crippen LogP contribution in [0, 0.1) is 13.8 Å². The Hall–Kier alpha value is -1.81. The van der Waals surface area contributed by atoms with E-state index in [0.29, 0.717) is 17.7 Å². The number of aryl methyl sites for hydroxylation is 2. The minimum absolute atomic E-state index is 0.199. The molecule has 0 aliphatic rings. The molecule has 0 radical (unpaired) electrons. The van der Waals surface area contributed by atoms with Crippen LogP contribution in [0.2, 0.25) is 0 Å². The van der Waals surface area contributed by atoms with Gasteiger partial charge in [-0.3, -0.25) is 0 Å². The van der Waals surface area contributed by atoms with Crippen LogP contribution >= 0.6 is 0 Å². The number of hydrogen-bond donors (Lipinski definition) is 1. The van der Waals surface area contributed by atoms with E-state index in [9.17, 15) is 9.90 Å². The molecular weight excluding hydrogens is 230 g/mol. The highest BCUT2D eigenvalue weighted by atomic mass is 16.4. The van der Waals surface area contributed by atoms with Crippen molar-refractivity contribution in [3.8, 4) is 5.75 Å². The first-order valence-electron chi connectivity index (χ1n) is 5.80. The lowest BCUT2D eigenvalue weighted by Crippen LogP contribution is -2.11. The van der Waals surface area contributed by atoms with E-state index in [2.05, 4.69) is 0 Å². The van der Waals surface area contributed by atoms with Crippen molar-refractivity contribution in [2.24, 2.45) is 0 Å². The summed E-state index contributed by atoms with van der Waals surface area (Å²) in [5.41, 5.74) is 2.40. The molecule has 0 aliphatic heterocycles. The molecule has 0 bridgehead atoms. The lowest BCUT2D eigenvalue weighted by Gasteiger charge is -2.14. The Morgan fingerprint density at radius 3 is 2.56 bits per heavy atom. The zero-order valence-corrected chi connectivity index (χ0v) is 11.1. The van der Waals surface area contributed by atoms with Crippen LogP contribution in [0.3, 0.4) is 0 Å². The van der Waals surface area contributed by atoms with Crippen LogP contribution in [-0.4, -0.2) is 24.1 Å². The third kappa shape index (κ3) is 2.11. The standard InChI is InChI=1S/C14H17NO3/c1-8-5-12(16)18-14-9(2)13(17)10(6-11(8)14)7-15(3)4/h5-6,17H,7H2,1-4H3. The van der Waals surface area contributed by atoms with Crippen LogP contribution in [0.5, 0.6) is 5.75 Å². The monoisotopic (exact) mass is 247 g/mol. The number of nitrogens with zero attached hydrogens (tertiary/aromatic N) is 1. The van der Waals surface area contributed by atoms with Crippen molar-refractivity contribution in [1.29, 1.82) is 0 Å². The normalized spacial score (nSPS) is 11.4. The van der Waals surface area contributed by atoms with Crippen LogP contribution in [-0.2, 0) is 6.54 Å². The van der Waals surface area contributed by atoms with Crippen molar-refractivity contribution < 1.29 is 9.52 Å². The van der Waals surface area contributed by atoms with Gasteiger partial charge in [0.1, 0.15) is 11.3 Å². The van der Waals surface area contributed by atoms with E-state index in [1.54, 1.807) is 6.92 Å². The maximum absolute atomic E-state index is 11.4. The van der Waals surface area contributed by atoms with Crippen molar-refractivity contribution in [2.75, 3.05) is 14.1 Å². The second-order valence-corrected chi connectivity index (χ2v) is 4.87. The molecule has 1 aromatic carbocycles. The number of benzene rings is 1. The number of hydrogen-bond acceptors (Lipinski definition) is 4. The zero-order valence-electron chi connectivity index (χ0n) is 11.1. The average molecular weight is 247 g/mol. The van der Waals surface area contributed by atoms with Crippen LogP contribution in [0.15, 0.2) is 21.3 Å². The first kappa shape index (κ1) is 12.6. The Morgan fingerprint density at radius 2 is 1.94 bits per heavy atom. The SMILES string of the molecule is Cc1cc(=O)oc2c(C)c(O)c(CN(C)C)cc12. The highest BCUT2D eigenvalue weighted by Gasteiger charge is 2.13. The third-order valence-corrected chi connectivity index (χ3v) is 3.01. The molecule has 0 aliphatic carbocycles. The topological polar surface area (TPSA) is 53.7 Å². The van der Waals surface area contributed by atoms with E-state index in [-0.39, 0.29) is 11.4 Å². The Labute approximate surface area is 105 Å². The fourth-order valence-electron chi connectivity index (χ4n) is 2.13. The summed E-state index contributed by atoms with van der Waals surface area (Å²) in [6.45, 7) is 4.27. The molecule has 0 amide bonds. The fourth-order valence-corrected chi connectivity index (χ4v) is 2.13. The smallest absolute Gasteiger partial charge is 0.336 e. The number of phenols is 1. The van der Waals surface area contributed by atoms with Gasteiger partial charge in [0.05, 0.1) is 0 Å². The molecule has 0 spiro atoms. The molecule has 1 N–H and O–H groups in total. The van der Waals surface area contributed by atoms with E-state index in [0.717, 1.165) is 16.5 Å². The van der Waals surface area contributed by atoms with Gasteiger partial charge >= 0.3 is 5.63 Å². The molecule has 1 heterocycles. The van der Waals surface area contributed by atoms with E-state index in [1.165, 1.54) is 6.07 Å². The van der Waals surface area contributed by atoms with Crippen molar-refractivity contribution in [1.82, 2.24) is 4.90 Å². The Bertz CT molecular complexity index is 656. The molecule has 2 aromatic rings. The Balaban J connectivity index is 2.79. The average Bonchev–Trinajstić information content (AvgIpc) is 2.26. The molecule has 96 valence electrons. The summed E-state index contributed by atoms with van der Waals surface area (Å²) in [5.74, 6) is 0.199. The molecule has 1 aromatic heterocycles. The fraction of sp³-hybridized carbons (Fsp3) is 0.357. The van der Waals surface area contributed by atoms with E-state index >= 15 is 0 Å². The van der Waals surface area contributed by atoms with Gasteiger partial charge in [-0.05, 0) is 39.6 Å². The zero-order chi connectivity index (χ0) is 13.4. The molecule has 4 nitrogen and oxygen atoms in total. The van der Waals surface area contributed by atoms with Crippen LogP contribution in [0.25, 0.3) is 11.0 Å². The van der Waals surface area contributed by atoms with E-state index in [4.69, 9.17) is 4.42 Å². The van der Waals surface area contributed by atoms with Gasteiger partial charge in [0.2, 0.25) is 0 Å². The van der Waals surface area contributed by atoms with E-state index < -0.39 is 0 Å². The molecule has 18 heavy (non-hydrogen) atoms. The van der Waals surface area contributed by atoms with Crippen molar-refractivity contribution in [3.63, 3.8) is 0 Å². The predicted molar refractivity (Wildman–Crippen MR) is 71.0 cm³/mol. The van der Waals surface area contributed by atoms with Gasteiger partial charge < -0.3 is 14.4 Å². The number of phenolic OH excluding ortho intramolecular Hbond substituents is 1. The predicted octanol–water partition coefficient (Wildman–Crippen LogP) is 2.18. The van der Waals surface area contributed by atoms with Crippen molar-refractivity contribution in [2.45, 2.75) is 20.4 Å². The van der Waals surface area contributed by atoms with Crippen LogP contribution < -0.4 is 5.63 Å². The summed E-state index contributed by atoms with van der Waals surface area (Å²) in [6.07, 6.45) is 0. The summed E-state index contributed by atoms with van der Waals surface area (Å²) in [4.78, 5) is 13.4. The molecule has 0 unspecified atom stereocenters. The molecule has 0 atom stereocenters. The van der Waals surface area contributed by atoms with Crippen LogP contribution in [0.1, 0.15) is 16.7 Å². The summed E-state index contributed by atoms with van der Waals surface area (Å²) in [5, 5.41) is 11.0. The first-order valence-corrected chi connectivity index (χ1v) is 5.80. The summed E-state index contributed by atoms with van der Waals surface area (Å²) < 4.78 is 5.18. The quantitative estimate of drug-likeness (QED) is 0.826. The summed E-state index contributed by atoms with van der Waals surface area (Å²) in [7, 11) is 3.88. The lowest BCUT2D eigenvalue weighted by molar-refractivity contribution is 0.385. The molecule has 0 saturated heterocycles. The molecular formula is C14H17NO3.